The summed E-state index contributed by atoms with van der Waals surface area (Å²) in [6.07, 6.45) is 4.58. The largest absolute Gasteiger partial charge is 0.469 e. The van der Waals surface area contributed by atoms with Crippen LogP contribution < -0.4 is 5.32 Å². The minimum absolute atomic E-state index is 0. The predicted octanol–water partition coefficient (Wildman–Crippen LogP) is 2.88. The maximum absolute atomic E-state index is 5.33. The fourth-order valence-electron chi connectivity index (χ4n) is 2.18. The predicted molar refractivity (Wildman–Crippen MR) is 101 cm³/mol. The van der Waals surface area contributed by atoms with Crippen LogP contribution in [0.1, 0.15) is 18.4 Å². The van der Waals surface area contributed by atoms with Gasteiger partial charge in [-0.15, -0.1) is 24.0 Å². The summed E-state index contributed by atoms with van der Waals surface area (Å²) in [5.74, 6) is 1.89. The third kappa shape index (κ3) is 5.40. The number of aromatic nitrogens is 1. The lowest BCUT2D eigenvalue weighted by Crippen LogP contribution is -2.39. The van der Waals surface area contributed by atoms with Crippen molar-refractivity contribution in [3.05, 3.63) is 48.2 Å². The van der Waals surface area contributed by atoms with Crippen LogP contribution in [-0.2, 0) is 20.0 Å². The summed E-state index contributed by atoms with van der Waals surface area (Å²) < 4.78 is 7.46. The van der Waals surface area contributed by atoms with Crippen LogP contribution >= 0.6 is 24.0 Å². The second-order valence-corrected chi connectivity index (χ2v) is 5.03. The Bertz CT molecular complexity index is 562. The van der Waals surface area contributed by atoms with Crippen LogP contribution in [0.25, 0.3) is 0 Å². The second kappa shape index (κ2) is 9.55. The maximum Gasteiger partial charge on any atom is 0.194 e. The van der Waals surface area contributed by atoms with Gasteiger partial charge in [0.1, 0.15) is 5.76 Å². The van der Waals surface area contributed by atoms with Gasteiger partial charge in [-0.25, -0.2) is 0 Å². The Morgan fingerprint density at radius 2 is 2.18 bits per heavy atom. The molecule has 0 spiro atoms. The van der Waals surface area contributed by atoms with E-state index in [0.29, 0.717) is 6.54 Å². The van der Waals surface area contributed by atoms with Crippen LogP contribution in [0.15, 0.2) is 46.1 Å². The third-order valence-electron chi connectivity index (χ3n) is 3.35. The molecule has 0 fully saturated rings. The Balaban J connectivity index is 0.00000242. The molecule has 0 bridgehead atoms. The Labute approximate surface area is 149 Å². The number of hydrogen-bond acceptors (Lipinski definition) is 2. The first-order chi connectivity index (χ1) is 10.2. The van der Waals surface area contributed by atoms with Gasteiger partial charge >= 0.3 is 0 Å². The van der Waals surface area contributed by atoms with E-state index in [0.717, 1.165) is 31.2 Å². The maximum atomic E-state index is 5.33. The molecule has 0 aromatic carbocycles. The summed E-state index contributed by atoms with van der Waals surface area (Å²) in [7, 11) is 4.12. The van der Waals surface area contributed by atoms with Crippen LogP contribution in [0.2, 0.25) is 0 Å². The monoisotopic (exact) mass is 416 g/mol. The standard InChI is InChI=1S/C16H24N4O.HI/c1-4-17-16(18-10-9-15-8-6-12-21-15)20(3)13-14-7-5-11-19(14)2;/h5-8,11-12H,4,9-10,13H2,1-3H3,(H,17,18);1H. The smallest absolute Gasteiger partial charge is 0.194 e. The SMILES string of the molecule is CCNC(=NCCc1ccco1)N(C)Cc1cccn1C.I. The van der Waals surface area contributed by atoms with Crippen molar-refractivity contribution in [1.82, 2.24) is 14.8 Å². The van der Waals surface area contributed by atoms with E-state index in [9.17, 15) is 0 Å². The molecule has 2 heterocycles. The van der Waals surface area contributed by atoms with Gasteiger partial charge in [0.15, 0.2) is 5.96 Å². The van der Waals surface area contributed by atoms with E-state index in [1.54, 1.807) is 6.26 Å². The minimum Gasteiger partial charge on any atom is -0.469 e. The van der Waals surface area contributed by atoms with E-state index in [1.807, 2.05) is 12.1 Å². The van der Waals surface area contributed by atoms with Crippen LogP contribution in [0, 0.1) is 0 Å². The summed E-state index contributed by atoms with van der Waals surface area (Å²) in [5, 5.41) is 3.33. The zero-order valence-corrected chi connectivity index (χ0v) is 15.8. The highest BCUT2D eigenvalue weighted by Crippen LogP contribution is 2.05. The summed E-state index contributed by atoms with van der Waals surface area (Å²) in [5.41, 5.74) is 1.26. The Morgan fingerprint density at radius 1 is 1.36 bits per heavy atom. The average molecular weight is 416 g/mol. The van der Waals surface area contributed by atoms with Crippen LogP contribution in [-0.4, -0.2) is 35.6 Å². The molecule has 1 N–H and O–H groups in total. The molecule has 0 radical (unpaired) electrons. The number of aliphatic imine (C=N–C) groups is 1. The van der Waals surface area contributed by atoms with Crippen molar-refractivity contribution >= 4 is 29.9 Å². The van der Waals surface area contributed by atoms with Gasteiger partial charge < -0.3 is 19.2 Å². The number of guanidine groups is 1. The highest BCUT2D eigenvalue weighted by molar-refractivity contribution is 14.0. The second-order valence-electron chi connectivity index (χ2n) is 5.03. The molecule has 2 aromatic heterocycles. The number of hydrogen-bond donors (Lipinski definition) is 1. The van der Waals surface area contributed by atoms with Crippen LogP contribution in [0.4, 0.5) is 0 Å². The third-order valence-corrected chi connectivity index (χ3v) is 3.35. The zero-order valence-electron chi connectivity index (χ0n) is 13.5. The van der Waals surface area contributed by atoms with E-state index >= 15 is 0 Å². The molecule has 0 unspecified atom stereocenters. The molecule has 0 aliphatic carbocycles. The first-order valence-electron chi connectivity index (χ1n) is 7.32. The zero-order chi connectivity index (χ0) is 15.1. The summed E-state index contributed by atoms with van der Waals surface area (Å²) in [6, 6.07) is 8.08. The van der Waals surface area contributed by atoms with Crippen molar-refractivity contribution in [3.8, 4) is 0 Å². The summed E-state index contributed by atoms with van der Waals surface area (Å²) in [4.78, 5) is 6.80. The Hall–Kier alpha value is -1.44. The molecule has 2 aromatic rings. The molecule has 5 nitrogen and oxygen atoms in total. The fourth-order valence-corrected chi connectivity index (χ4v) is 2.18. The molecule has 0 aliphatic rings. The minimum atomic E-state index is 0. The van der Waals surface area contributed by atoms with Gasteiger partial charge in [-0.1, -0.05) is 0 Å². The van der Waals surface area contributed by atoms with Crippen molar-refractivity contribution < 1.29 is 4.42 Å². The van der Waals surface area contributed by atoms with Gasteiger partial charge in [0.05, 0.1) is 12.8 Å². The van der Waals surface area contributed by atoms with E-state index in [-0.39, 0.29) is 24.0 Å². The number of nitrogens with zero attached hydrogens (tertiary/aromatic N) is 3. The van der Waals surface area contributed by atoms with Crippen molar-refractivity contribution in [2.75, 3.05) is 20.1 Å². The number of halogens is 1. The Kier molecular flexibility index (Phi) is 8.08. The number of nitrogens with one attached hydrogen (secondary N) is 1. The fraction of sp³-hybridized carbons (Fsp3) is 0.438. The molecule has 0 saturated carbocycles. The van der Waals surface area contributed by atoms with Crippen LogP contribution in [0.5, 0.6) is 0 Å². The van der Waals surface area contributed by atoms with Gasteiger partial charge in [0.2, 0.25) is 0 Å². The van der Waals surface area contributed by atoms with Gasteiger partial charge in [0.25, 0.3) is 0 Å². The van der Waals surface area contributed by atoms with Gasteiger partial charge in [-0.3, -0.25) is 4.99 Å². The van der Waals surface area contributed by atoms with Gasteiger partial charge in [-0.2, -0.15) is 0 Å². The molecule has 22 heavy (non-hydrogen) atoms. The summed E-state index contributed by atoms with van der Waals surface area (Å²) >= 11 is 0. The first-order valence-corrected chi connectivity index (χ1v) is 7.32. The van der Waals surface area contributed by atoms with E-state index in [1.165, 1.54) is 5.69 Å². The van der Waals surface area contributed by atoms with Gasteiger partial charge in [0, 0.05) is 45.5 Å². The molecule has 0 aliphatic heterocycles. The van der Waals surface area contributed by atoms with Crippen LogP contribution in [0.3, 0.4) is 0 Å². The molecular formula is C16H25IN4O. The molecule has 0 saturated heterocycles. The van der Waals surface area contributed by atoms with Crippen molar-refractivity contribution in [1.29, 1.82) is 0 Å². The lowest BCUT2D eigenvalue weighted by Gasteiger charge is -2.22. The molecule has 2 rings (SSSR count). The Morgan fingerprint density at radius 3 is 2.77 bits per heavy atom. The number of rotatable bonds is 6. The normalized spacial score (nSPS) is 11.1. The highest BCUT2D eigenvalue weighted by Gasteiger charge is 2.08. The topological polar surface area (TPSA) is 45.7 Å². The quantitative estimate of drug-likeness (QED) is 0.448. The summed E-state index contributed by atoms with van der Waals surface area (Å²) in [6.45, 7) is 4.48. The molecule has 6 heteroatoms. The van der Waals surface area contributed by atoms with Crippen molar-refractivity contribution in [2.45, 2.75) is 19.9 Å². The number of furan rings is 1. The first kappa shape index (κ1) is 18.6. The van der Waals surface area contributed by atoms with E-state index in [4.69, 9.17) is 4.42 Å². The molecule has 0 amide bonds. The highest BCUT2D eigenvalue weighted by atomic mass is 127. The average Bonchev–Trinajstić information content (AvgIpc) is 3.10. The lowest BCUT2D eigenvalue weighted by atomic mass is 10.3. The van der Waals surface area contributed by atoms with Crippen molar-refractivity contribution in [2.24, 2.45) is 12.0 Å². The molecular weight excluding hydrogens is 391 g/mol. The van der Waals surface area contributed by atoms with E-state index < -0.39 is 0 Å². The van der Waals surface area contributed by atoms with Gasteiger partial charge in [-0.05, 0) is 31.2 Å². The van der Waals surface area contributed by atoms with Crippen molar-refractivity contribution in [3.63, 3.8) is 0 Å². The number of aryl methyl sites for hydroxylation is 1. The van der Waals surface area contributed by atoms with E-state index in [2.05, 4.69) is 59.1 Å². The lowest BCUT2D eigenvalue weighted by molar-refractivity contribution is 0.460. The molecule has 0 atom stereocenters. The molecule has 122 valence electrons.